The van der Waals surface area contributed by atoms with Gasteiger partial charge in [0.1, 0.15) is 4.90 Å². The Morgan fingerprint density at radius 3 is 2.50 bits per heavy atom. The van der Waals surface area contributed by atoms with Gasteiger partial charge in [-0.15, -0.1) is 0 Å². The summed E-state index contributed by atoms with van der Waals surface area (Å²) in [5.41, 5.74) is 5.32. The molecule has 1 aromatic heterocycles. The third-order valence-electron chi connectivity index (χ3n) is 3.59. The molecule has 1 fully saturated rings. The zero-order valence-electron chi connectivity index (χ0n) is 10.4. The van der Waals surface area contributed by atoms with Gasteiger partial charge in [0, 0.05) is 18.3 Å². The number of hydrogen-bond donors (Lipinski definition) is 3. The number of H-pyrrole nitrogens is 1. The van der Waals surface area contributed by atoms with Crippen molar-refractivity contribution >= 4 is 10.0 Å². The molecule has 1 aromatic rings. The molecule has 102 valence electrons. The van der Waals surface area contributed by atoms with Crippen LogP contribution >= 0.6 is 0 Å². The van der Waals surface area contributed by atoms with Crippen LogP contribution in [0.15, 0.2) is 17.3 Å². The summed E-state index contributed by atoms with van der Waals surface area (Å²) in [5.74, 6) is 0. The first-order valence-electron chi connectivity index (χ1n) is 6.31. The Balaban J connectivity index is 2.19. The van der Waals surface area contributed by atoms with E-state index >= 15 is 0 Å². The van der Waals surface area contributed by atoms with E-state index in [1.165, 1.54) is 12.4 Å². The molecule has 6 nitrogen and oxygen atoms in total. The Hall–Kier alpha value is -0.920. The average molecular weight is 272 g/mol. The van der Waals surface area contributed by atoms with Gasteiger partial charge in [0.15, 0.2) is 0 Å². The Morgan fingerprint density at radius 1 is 1.33 bits per heavy atom. The number of aromatic nitrogens is 2. The van der Waals surface area contributed by atoms with Crippen molar-refractivity contribution in [3.63, 3.8) is 0 Å². The van der Waals surface area contributed by atoms with Crippen molar-refractivity contribution in [2.75, 3.05) is 6.54 Å². The first-order valence-corrected chi connectivity index (χ1v) is 7.79. The molecular weight excluding hydrogens is 252 g/mol. The van der Waals surface area contributed by atoms with Crippen LogP contribution in [0.3, 0.4) is 0 Å². The van der Waals surface area contributed by atoms with E-state index in [1.54, 1.807) is 0 Å². The van der Waals surface area contributed by atoms with Gasteiger partial charge in [-0.05, 0) is 12.8 Å². The third-order valence-corrected chi connectivity index (χ3v) is 5.13. The summed E-state index contributed by atoms with van der Waals surface area (Å²) in [6.07, 6.45) is 8.63. The first kappa shape index (κ1) is 13.5. The minimum atomic E-state index is -3.53. The molecule has 18 heavy (non-hydrogen) atoms. The van der Waals surface area contributed by atoms with Crippen molar-refractivity contribution in [3.8, 4) is 0 Å². The zero-order chi connectivity index (χ0) is 13.1. The van der Waals surface area contributed by atoms with Crippen molar-refractivity contribution in [1.82, 2.24) is 14.9 Å². The number of hydrogen-bond acceptors (Lipinski definition) is 4. The lowest BCUT2D eigenvalue weighted by atomic mass is 9.92. The minimum Gasteiger partial charge on any atom is -0.329 e. The molecule has 0 saturated heterocycles. The van der Waals surface area contributed by atoms with Crippen LogP contribution in [0.2, 0.25) is 0 Å². The van der Waals surface area contributed by atoms with Crippen molar-refractivity contribution in [2.24, 2.45) is 5.73 Å². The quantitative estimate of drug-likeness (QED) is 0.704. The minimum absolute atomic E-state index is 0.166. The second kappa shape index (κ2) is 5.38. The normalized spacial score (nSPS) is 20.5. The van der Waals surface area contributed by atoms with E-state index < -0.39 is 15.6 Å². The van der Waals surface area contributed by atoms with Gasteiger partial charge >= 0.3 is 0 Å². The Bertz CT molecular complexity index is 461. The molecule has 0 aromatic carbocycles. The van der Waals surface area contributed by atoms with Crippen molar-refractivity contribution in [1.29, 1.82) is 0 Å². The van der Waals surface area contributed by atoms with Crippen molar-refractivity contribution in [2.45, 2.75) is 49.0 Å². The number of sulfonamides is 1. The van der Waals surface area contributed by atoms with Gasteiger partial charge in [-0.1, -0.05) is 25.7 Å². The summed E-state index contributed by atoms with van der Waals surface area (Å²) in [4.78, 5) is 0.166. The van der Waals surface area contributed by atoms with Crippen LogP contribution in [-0.2, 0) is 10.0 Å². The molecule has 0 unspecified atom stereocenters. The van der Waals surface area contributed by atoms with E-state index in [2.05, 4.69) is 14.9 Å². The van der Waals surface area contributed by atoms with E-state index in [9.17, 15) is 8.42 Å². The summed E-state index contributed by atoms with van der Waals surface area (Å²) >= 11 is 0. The molecule has 7 heteroatoms. The van der Waals surface area contributed by atoms with Crippen LogP contribution in [-0.4, -0.2) is 30.7 Å². The summed E-state index contributed by atoms with van der Waals surface area (Å²) in [6, 6.07) is 0. The first-order chi connectivity index (χ1) is 8.58. The van der Waals surface area contributed by atoms with Crippen LogP contribution in [0.5, 0.6) is 0 Å². The van der Waals surface area contributed by atoms with Crippen molar-refractivity contribution < 1.29 is 8.42 Å². The van der Waals surface area contributed by atoms with Crippen LogP contribution in [0.25, 0.3) is 0 Å². The maximum absolute atomic E-state index is 12.2. The van der Waals surface area contributed by atoms with Crippen LogP contribution in [0, 0.1) is 0 Å². The maximum Gasteiger partial charge on any atom is 0.244 e. The third kappa shape index (κ3) is 2.90. The maximum atomic E-state index is 12.2. The lowest BCUT2D eigenvalue weighted by Crippen LogP contribution is -2.53. The van der Waals surface area contributed by atoms with Gasteiger partial charge < -0.3 is 5.73 Å². The van der Waals surface area contributed by atoms with E-state index in [-0.39, 0.29) is 4.90 Å². The highest BCUT2D eigenvalue weighted by Crippen LogP contribution is 2.28. The van der Waals surface area contributed by atoms with E-state index in [4.69, 9.17) is 5.73 Å². The molecule has 1 aliphatic carbocycles. The summed E-state index contributed by atoms with van der Waals surface area (Å²) in [5, 5.41) is 6.19. The Morgan fingerprint density at radius 2 is 2.00 bits per heavy atom. The second-order valence-corrected chi connectivity index (χ2v) is 6.62. The van der Waals surface area contributed by atoms with Gasteiger partial charge in [-0.3, -0.25) is 5.10 Å². The topological polar surface area (TPSA) is 101 Å². The van der Waals surface area contributed by atoms with Crippen LogP contribution in [0.1, 0.15) is 38.5 Å². The Kier molecular flexibility index (Phi) is 4.04. The molecule has 2 rings (SSSR count). The number of nitrogens with one attached hydrogen (secondary N) is 2. The molecule has 1 saturated carbocycles. The van der Waals surface area contributed by atoms with Gasteiger partial charge in [-0.2, -0.15) is 5.10 Å². The highest BCUT2D eigenvalue weighted by Gasteiger charge is 2.34. The largest absolute Gasteiger partial charge is 0.329 e. The van der Waals surface area contributed by atoms with Crippen molar-refractivity contribution in [3.05, 3.63) is 12.4 Å². The van der Waals surface area contributed by atoms with Gasteiger partial charge in [-0.25, -0.2) is 13.1 Å². The lowest BCUT2D eigenvalue weighted by Gasteiger charge is -2.31. The predicted molar refractivity (Wildman–Crippen MR) is 68.4 cm³/mol. The van der Waals surface area contributed by atoms with Gasteiger partial charge in [0.25, 0.3) is 0 Å². The number of aromatic amines is 1. The SMILES string of the molecule is NCC1(NS(=O)(=O)c2cn[nH]c2)CCCCCC1. The molecule has 1 heterocycles. The smallest absolute Gasteiger partial charge is 0.244 e. The summed E-state index contributed by atoms with van der Waals surface area (Å²) < 4.78 is 27.2. The fourth-order valence-electron chi connectivity index (χ4n) is 2.48. The van der Waals surface area contributed by atoms with Gasteiger partial charge in [0.05, 0.1) is 6.20 Å². The van der Waals surface area contributed by atoms with E-state index in [0.29, 0.717) is 6.54 Å². The molecule has 1 aliphatic rings. The zero-order valence-corrected chi connectivity index (χ0v) is 11.2. The fraction of sp³-hybridized carbons (Fsp3) is 0.727. The van der Waals surface area contributed by atoms with E-state index in [1.807, 2.05) is 0 Å². The monoisotopic (exact) mass is 272 g/mol. The molecule has 0 spiro atoms. The predicted octanol–water partition coefficient (Wildman–Crippen LogP) is 0.740. The lowest BCUT2D eigenvalue weighted by molar-refractivity contribution is 0.342. The second-order valence-electron chi connectivity index (χ2n) is 4.94. The van der Waals surface area contributed by atoms with Gasteiger partial charge in [0.2, 0.25) is 10.0 Å². The molecule has 0 amide bonds. The molecular formula is C11H20N4O2S. The number of nitrogens with zero attached hydrogens (tertiary/aromatic N) is 1. The number of rotatable bonds is 4. The van der Waals surface area contributed by atoms with Crippen LogP contribution in [0.4, 0.5) is 0 Å². The highest BCUT2D eigenvalue weighted by atomic mass is 32.2. The van der Waals surface area contributed by atoms with E-state index in [0.717, 1.165) is 38.5 Å². The standard InChI is InChI=1S/C11H20N4O2S/c12-9-11(5-3-1-2-4-6-11)15-18(16,17)10-7-13-14-8-10/h7-8,15H,1-6,9,12H2,(H,13,14). The summed E-state index contributed by atoms with van der Waals surface area (Å²) in [6.45, 7) is 0.337. The van der Waals surface area contributed by atoms with Crippen LogP contribution < -0.4 is 10.5 Å². The average Bonchev–Trinajstić information content (AvgIpc) is 2.79. The Labute approximate surface area is 107 Å². The molecule has 4 N–H and O–H groups in total. The molecule has 0 radical (unpaired) electrons. The number of nitrogens with two attached hydrogens (primary N) is 1. The highest BCUT2D eigenvalue weighted by molar-refractivity contribution is 7.89. The molecule has 0 atom stereocenters. The molecule has 0 aliphatic heterocycles. The molecule has 0 bridgehead atoms. The fourth-order valence-corrected chi connectivity index (χ4v) is 3.86. The summed E-state index contributed by atoms with van der Waals surface area (Å²) in [7, 11) is -3.53.